The lowest BCUT2D eigenvalue weighted by Crippen LogP contribution is -1.98. The number of nitrogens with zero attached hydrogens (tertiary/aromatic N) is 3. The molecule has 0 radical (unpaired) electrons. The van der Waals surface area contributed by atoms with Crippen LogP contribution in [0.4, 0.5) is 5.69 Å². The van der Waals surface area contributed by atoms with Crippen LogP contribution in [0.25, 0.3) is 22.7 Å². The van der Waals surface area contributed by atoms with E-state index in [0.29, 0.717) is 17.0 Å². The van der Waals surface area contributed by atoms with Crippen LogP contribution in [0, 0.1) is 28.4 Å². The van der Waals surface area contributed by atoms with Gasteiger partial charge in [0.05, 0.1) is 31.6 Å². The van der Waals surface area contributed by atoms with Crippen LogP contribution in [0.15, 0.2) is 54.6 Å². The molecule has 4 aromatic rings. The van der Waals surface area contributed by atoms with Gasteiger partial charge in [-0.05, 0) is 66.1 Å². The molecule has 0 aliphatic rings. The Hall–Kier alpha value is -3.86. The summed E-state index contributed by atoms with van der Waals surface area (Å²) in [6.45, 7) is 2.12. The summed E-state index contributed by atoms with van der Waals surface area (Å²) in [5.41, 5.74) is 4.36. The molecule has 33 heavy (non-hydrogen) atoms. The van der Waals surface area contributed by atoms with Crippen molar-refractivity contribution < 1.29 is 9.66 Å². The summed E-state index contributed by atoms with van der Waals surface area (Å²) in [5.74, 6) is 0.732. The molecule has 3 aromatic carbocycles. The van der Waals surface area contributed by atoms with Crippen molar-refractivity contribution >= 4 is 51.6 Å². The third-order valence-electron chi connectivity index (χ3n) is 4.87. The van der Waals surface area contributed by atoms with Crippen LogP contribution in [0.3, 0.4) is 0 Å². The highest BCUT2D eigenvalue weighted by Crippen LogP contribution is 2.36. The van der Waals surface area contributed by atoms with Gasteiger partial charge < -0.3 is 9.72 Å². The van der Waals surface area contributed by atoms with E-state index in [0.717, 1.165) is 22.2 Å². The third kappa shape index (κ3) is 4.98. The van der Waals surface area contributed by atoms with Crippen LogP contribution < -0.4 is 4.74 Å². The quantitative estimate of drug-likeness (QED) is 0.188. The number of H-pyrrole nitrogens is 1. The maximum Gasteiger partial charge on any atom is 0.269 e. The van der Waals surface area contributed by atoms with Crippen LogP contribution in [-0.4, -0.2) is 14.9 Å². The smallest absolute Gasteiger partial charge is 0.269 e. The first-order chi connectivity index (χ1) is 15.8. The van der Waals surface area contributed by atoms with Gasteiger partial charge in [-0.25, -0.2) is 4.98 Å². The zero-order chi connectivity index (χ0) is 23.5. The fourth-order valence-corrected chi connectivity index (χ4v) is 3.85. The van der Waals surface area contributed by atoms with Crippen molar-refractivity contribution in [3.05, 3.63) is 97.3 Å². The number of fused-ring (bicyclic) bond motifs is 1. The van der Waals surface area contributed by atoms with E-state index < -0.39 is 4.92 Å². The number of imidazole rings is 1. The summed E-state index contributed by atoms with van der Waals surface area (Å²) < 4.78 is 5.74. The Bertz CT molecular complexity index is 1410. The van der Waals surface area contributed by atoms with E-state index in [4.69, 9.17) is 27.9 Å². The second kappa shape index (κ2) is 9.33. The molecule has 0 aliphatic heterocycles. The van der Waals surface area contributed by atoms with Crippen LogP contribution in [0.1, 0.15) is 22.5 Å². The van der Waals surface area contributed by atoms with Crippen molar-refractivity contribution in [2.45, 2.75) is 13.5 Å². The molecule has 1 heterocycles. The number of aryl methyl sites for hydroxylation is 1. The normalized spacial score (nSPS) is 11.4. The standard InChI is InChI=1S/C24H16Cl2N4O3/c1-14-2-7-21-22(8-14)29-24(28-21)17(12-27)9-16-10-19(25)23(20(26)11-16)33-13-15-3-5-18(6-4-15)30(31)32/h2-11H,13H2,1H3,(H,28,29). The number of halogens is 2. The number of non-ortho nitro benzene ring substituents is 1. The zero-order valence-corrected chi connectivity index (χ0v) is 18.8. The SMILES string of the molecule is Cc1ccc2nc(C(C#N)=Cc3cc(Cl)c(OCc4ccc([N+](=O)[O-])cc4)c(Cl)c3)[nH]c2c1. The van der Waals surface area contributed by atoms with Crippen molar-refractivity contribution in [3.63, 3.8) is 0 Å². The molecule has 7 nitrogen and oxygen atoms in total. The zero-order valence-electron chi connectivity index (χ0n) is 17.3. The monoisotopic (exact) mass is 478 g/mol. The van der Waals surface area contributed by atoms with E-state index >= 15 is 0 Å². The van der Waals surface area contributed by atoms with E-state index in [1.165, 1.54) is 12.1 Å². The minimum Gasteiger partial charge on any atom is -0.486 e. The highest BCUT2D eigenvalue weighted by molar-refractivity contribution is 6.37. The molecule has 164 valence electrons. The summed E-state index contributed by atoms with van der Waals surface area (Å²) in [5, 5.41) is 21.0. The van der Waals surface area contributed by atoms with Gasteiger partial charge in [-0.15, -0.1) is 0 Å². The number of benzene rings is 3. The third-order valence-corrected chi connectivity index (χ3v) is 5.44. The molecular weight excluding hydrogens is 463 g/mol. The first-order valence-electron chi connectivity index (χ1n) is 9.78. The fourth-order valence-electron chi connectivity index (χ4n) is 3.24. The Morgan fingerprint density at radius 3 is 2.52 bits per heavy atom. The Morgan fingerprint density at radius 2 is 1.88 bits per heavy atom. The summed E-state index contributed by atoms with van der Waals surface area (Å²) in [4.78, 5) is 18.0. The minimum absolute atomic E-state index is 0.00107. The van der Waals surface area contributed by atoms with Gasteiger partial charge in [-0.3, -0.25) is 10.1 Å². The molecule has 0 spiro atoms. The number of nitrogens with one attached hydrogen (secondary N) is 1. The molecule has 0 unspecified atom stereocenters. The molecule has 0 bridgehead atoms. The highest BCUT2D eigenvalue weighted by atomic mass is 35.5. The first kappa shape index (κ1) is 22.3. The van der Waals surface area contributed by atoms with Crippen molar-refractivity contribution in [2.24, 2.45) is 0 Å². The molecule has 9 heteroatoms. The number of ether oxygens (including phenoxy) is 1. The second-order valence-corrected chi connectivity index (χ2v) is 8.12. The van der Waals surface area contributed by atoms with E-state index in [-0.39, 0.29) is 28.1 Å². The van der Waals surface area contributed by atoms with Crippen LogP contribution in [-0.2, 0) is 6.61 Å². The summed E-state index contributed by atoms with van der Waals surface area (Å²) in [6.07, 6.45) is 1.64. The molecule has 0 fully saturated rings. The molecule has 4 rings (SSSR count). The number of aromatic nitrogens is 2. The minimum atomic E-state index is -0.466. The molecule has 0 atom stereocenters. The summed E-state index contributed by atoms with van der Waals surface area (Å²) >= 11 is 12.8. The van der Waals surface area contributed by atoms with Gasteiger partial charge in [0.25, 0.3) is 5.69 Å². The average Bonchev–Trinajstić information content (AvgIpc) is 3.20. The largest absolute Gasteiger partial charge is 0.486 e. The molecule has 1 aromatic heterocycles. The first-order valence-corrected chi connectivity index (χ1v) is 10.5. The predicted octanol–water partition coefficient (Wildman–Crippen LogP) is 6.73. The van der Waals surface area contributed by atoms with E-state index in [9.17, 15) is 15.4 Å². The van der Waals surface area contributed by atoms with Crippen LogP contribution in [0.2, 0.25) is 10.0 Å². The Balaban J connectivity index is 1.56. The lowest BCUT2D eigenvalue weighted by molar-refractivity contribution is -0.384. The topological polar surface area (TPSA) is 105 Å². The number of aromatic amines is 1. The van der Waals surface area contributed by atoms with Gasteiger partial charge in [0.15, 0.2) is 5.75 Å². The number of nitro benzene ring substituents is 1. The van der Waals surface area contributed by atoms with Gasteiger partial charge in [0.2, 0.25) is 0 Å². The average molecular weight is 479 g/mol. The van der Waals surface area contributed by atoms with Gasteiger partial charge in [0, 0.05) is 12.1 Å². The number of hydrogen-bond donors (Lipinski definition) is 1. The summed E-state index contributed by atoms with van der Waals surface area (Å²) in [7, 11) is 0. The van der Waals surface area contributed by atoms with Crippen LogP contribution >= 0.6 is 23.2 Å². The number of hydrogen-bond acceptors (Lipinski definition) is 5. The van der Waals surface area contributed by atoms with Gasteiger partial charge >= 0.3 is 0 Å². The molecule has 0 saturated heterocycles. The molecule has 0 aliphatic carbocycles. The van der Waals surface area contributed by atoms with Crippen molar-refractivity contribution in [1.29, 1.82) is 5.26 Å². The number of nitriles is 1. The maximum atomic E-state index is 10.8. The Labute approximate surface area is 199 Å². The van der Waals surface area contributed by atoms with Crippen molar-refractivity contribution in [3.8, 4) is 11.8 Å². The molecule has 1 N–H and O–H groups in total. The molecule has 0 amide bonds. The summed E-state index contributed by atoms with van der Waals surface area (Å²) in [6, 6.07) is 17.3. The number of nitro groups is 1. The number of allylic oxidation sites excluding steroid dienone is 1. The van der Waals surface area contributed by atoms with E-state index in [1.54, 1.807) is 30.3 Å². The lowest BCUT2D eigenvalue weighted by atomic mass is 10.1. The highest BCUT2D eigenvalue weighted by Gasteiger charge is 2.13. The van der Waals surface area contributed by atoms with Gasteiger partial charge in [0.1, 0.15) is 18.5 Å². The molecular formula is C24H16Cl2N4O3. The van der Waals surface area contributed by atoms with Crippen molar-refractivity contribution in [1.82, 2.24) is 9.97 Å². The van der Waals surface area contributed by atoms with E-state index in [2.05, 4.69) is 16.0 Å². The predicted molar refractivity (Wildman–Crippen MR) is 128 cm³/mol. The molecule has 0 saturated carbocycles. The second-order valence-electron chi connectivity index (χ2n) is 7.30. The van der Waals surface area contributed by atoms with Crippen LogP contribution in [0.5, 0.6) is 5.75 Å². The van der Waals surface area contributed by atoms with Crippen molar-refractivity contribution in [2.75, 3.05) is 0 Å². The number of rotatable bonds is 6. The lowest BCUT2D eigenvalue weighted by Gasteiger charge is -2.11. The maximum absolute atomic E-state index is 10.8. The fraction of sp³-hybridized carbons (Fsp3) is 0.0833. The van der Waals surface area contributed by atoms with Gasteiger partial charge in [-0.2, -0.15) is 5.26 Å². The Morgan fingerprint density at radius 1 is 1.18 bits per heavy atom. The van der Waals surface area contributed by atoms with Gasteiger partial charge in [-0.1, -0.05) is 29.3 Å². The Kier molecular flexibility index (Phi) is 6.31. The van der Waals surface area contributed by atoms with E-state index in [1.807, 2.05) is 25.1 Å².